The third kappa shape index (κ3) is 3.26. The summed E-state index contributed by atoms with van der Waals surface area (Å²) in [6, 6.07) is 3.86. The van der Waals surface area contributed by atoms with Gasteiger partial charge in [0.15, 0.2) is 15.2 Å². The van der Waals surface area contributed by atoms with Crippen LogP contribution in [-0.2, 0) is 16.6 Å². The van der Waals surface area contributed by atoms with Crippen molar-refractivity contribution < 1.29 is 8.42 Å². The average molecular weight is 342 g/mol. The Kier molecular flexibility index (Phi) is 3.71. The molecule has 0 unspecified atom stereocenters. The first-order valence-electron chi connectivity index (χ1n) is 5.70. The molecule has 3 heterocycles. The zero-order valence-electron chi connectivity index (χ0n) is 10.5. The molecule has 11 heteroatoms. The number of H-pyrrole nitrogens is 1. The smallest absolute Gasteiger partial charge is 0.249 e. The lowest BCUT2D eigenvalue weighted by molar-refractivity contribution is 0.599. The number of hydrogen-bond acceptors (Lipinski definition) is 8. The summed E-state index contributed by atoms with van der Waals surface area (Å²) in [4.78, 5) is 9.26. The van der Waals surface area contributed by atoms with Crippen LogP contribution in [0.4, 0.5) is 5.13 Å². The molecule has 0 bridgehead atoms. The minimum absolute atomic E-state index is 0.0156. The monoisotopic (exact) mass is 342 g/mol. The summed E-state index contributed by atoms with van der Waals surface area (Å²) in [6.45, 7) is 0.357. The Labute approximate surface area is 128 Å². The molecule has 0 aliphatic carbocycles. The summed E-state index contributed by atoms with van der Waals surface area (Å²) in [6.07, 6.45) is 1.22. The van der Waals surface area contributed by atoms with Crippen molar-refractivity contribution in [3.8, 4) is 10.7 Å². The van der Waals surface area contributed by atoms with Gasteiger partial charge in [-0.15, -0.1) is 11.3 Å². The van der Waals surface area contributed by atoms with Crippen LogP contribution in [0.1, 0.15) is 5.82 Å². The second kappa shape index (κ2) is 5.52. The number of hydrogen-bond donors (Lipinski definition) is 3. The highest BCUT2D eigenvalue weighted by atomic mass is 32.2. The van der Waals surface area contributed by atoms with E-state index in [0.29, 0.717) is 23.3 Å². The quantitative estimate of drug-likeness (QED) is 0.640. The first-order chi connectivity index (χ1) is 10.0. The molecular formula is C10H10N6O2S3. The minimum Gasteiger partial charge on any atom is -0.354 e. The molecule has 0 spiro atoms. The number of thiophene rings is 1. The molecule has 0 aliphatic rings. The van der Waals surface area contributed by atoms with E-state index in [2.05, 4.69) is 25.5 Å². The number of aromatic nitrogens is 4. The minimum atomic E-state index is -3.71. The normalized spacial score (nSPS) is 11.7. The SMILES string of the molecule is NS(=O)(=O)c1cnc(NCc2nc(-c3cccs3)n[nH]2)s1. The third-order valence-corrected chi connectivity index (χ3v) is 5.67. The van der Waals surface area contributed by atoms with Gasteiger partial charge in [0.05, 0.1) is 17.6 Å². The van der Waals surface area contributed by atoms with Crippen molar-refractivity contribution in [2.45, 2.75) is 10.8 Å². The van der Waals surface area contributed by atoms with Gasteiger partial charge in [-0.25, -0.2) is 23.5 Å². The van der Waals surface area contributed by atoms with Crippen LogP contribution in [0.2, 0.25) is 0 Å². The van der Waals surface area contributed by atoms with E-state index in [9.17, 15) is 8.42 Å². The molecule has 4 N–H and O–H groups in total. The van der Waals surface area contributed by atoms with Gasteiger partial charge in [-0.3, -0.25) is 5.10 Å². The summed E-state index contributed by atoms with van der Waals surface area (Å²) in [5.41, 5.74) is 0. The number of sulfonamides is 1. The third-order valence-electron chi connectivity index (χ3n) is 2.45. The van der Waals surface area contributed by atoms with E-state index in [-0.39, 0.29) is 4.21 Å². The Morgan fingerprint density at radius 1 is 1.43 bits per heavy atom. The number of aromatic amines is 1. The van der Waals surface area contributed by atoms with E-state index in [4.69, 9.17) is 5.14 Å². The van der Waals surface area contributed by atoms with Crippen LogP contribution in [0.3, 0.4) is 0 Å². The molecule has 0 atom stereocenters. The van der Waals surface area contributed by atoms with Gasteiger partial charge in [-0.2, -0.15) is 5.10 Å². The van der Waals surface area contributed by atoms with Crippen molar-refractivity contribution in [1.82, 2.24) is 20.2 Å². The van der Waals surface area contributed by atoms with Gasteiger partial charge < -0.3 is 5.32 Å². The summed E-state index contributed by atoms with van der Waals surface area (Å²) in [5, 5.41) is 17.3. The zero-order chi connectivity index (χ0) is 14.9. The number of anilines is 1. The van der Waals surface area contributed by atoms with Crippen molar-refractivity contribution in [3.63, 3.8) is 0 Å². The van der Waals surface area contributed by atoms with E-state index in [1.165, 1.54) is 6.20 Å². The Hall–Kier alpha value is -1.82. The van der Waals surface area contributed by atoms with E-state index < -0.39 is 10.0 Å². The lowest BCUT2D eigenvalue weighted by Gasteiger charge is -1.97. The van der Waals surface area contributed by atoms with Gasteiger partial charge in [0.1, 0.15) is 5.82 Å². The topological polar surface area (TPSA) is 127 Å². The van der Waals surface area contributed by atoms with E-state index in [0.717, 1.165) is 16.2 Å². The molecule has 0 saturated heterocycles. The lowest BCUT2D eigenvalue weighted by Crippen LogP contribution is -2.09. The molecule has 0 aliphatic heterocycles. The zero-order valence-corrected chi connectivity index (χ0v) is 12.9. The van der Waals surface area contributed by atoms with Crippen molar-refractivity contribution in [2.24, 2.45) is 5.14 Å². The fourth-order valence-electron chi connectivity index (χ4n) is 1.52. The van der Waals surface area contributed by atoms with Crippen LogP contribution in [0.5, 0.6) is 0 Å². The first-order valence-corrected chi connectivity index (χ1v) is 8.94. The predicted molar refractivity (Wildman–Crippen MR) is 80.5 cm³/mol. The van der Waals surface area contributed by atoms with Gasteiger partial charge in [0, 0.05) is 0 Å². The van der Waals surface area contributed by atoms with Gasteiger partial charge in [0.2, 0.25) is 10.0 Å². The van der Waals surface area contributed by atoms with Crippen molar-refractivity contribution in [2.75, 3.05) is 5.32 Å². The summed E-state index contributed by atoms with van der Waals surface area (Å²) < 4.78 is 22.3. The second-order valence-corrected chi connectivity index (χ2v) is 7.73. The van der Waals surface area contributed by atoms with Crippen molar-refractivity contribution in [1.29, 1.82) is 0 Å². The Morgan fingerprint density at radius 2 is 2.29 bits per heavy atom. The molecule has 3 aromatic rings. The number of rotatable bonds is 5. The van der Waals surface area contributed by atoms with E-state index in [1.807, 2.05) is 17.5 Å². The molecule has 0 fully saturated rings. The molecule has 3 rings (SSSR count). The highest BCUT2D eigenvalue weighted by Gasteiger charge is 2.13. The summed E-state index contributed by atoms with van der Waals surface area (Å²) in [7, 11) is -3.71. The Bertz CT molecular complexity index is 836. The van der Waals surface area contributed by atoms with Crippen LogP contribution < -0.4 is 10.5 Å². The maximum absolute atomic E-state index is 11.1. The van der Waals surface area contributed by atoms with Crippen LogP contribution in [0.25, 0.3) is 10.7 Å². The van der Waals surface area contributed by atoms with Gasteiger partial charge in [-0.05, 0) is 11.4 Å². The second-order valence-electron chi connectivity index (χ2n) is 3.97. The number of nitrogens with two attached hydrogens (primary N) is 1. The molecule has 0 amide bonds. The van der Waals surface area contributed by atoms with E-state index >= 15 is 0 Å². The molecule has 0 saturated carbocycles. The summed E-state index contributed by atoms with van der Waals surface area (Å²) in [5.74, 6) is 1.26. The highest BCUT2D eigenvalue weighted by molar-refractivity contribution is 7.91. The van der Waals surface area contributed by atoms with E-state index in [1.54, 1.807) is 11.3 Å². The van der Waals surface area contributed by atoms with Gasteiger partial charge in [-0.1, -0.05) is 17.4 Å². The molecular weight excluding hydrogens is 332 g/mol. The highest BCUT2D eigenvalue weighted by Crippen LogP contribution is 2.23. The van der Waals surface area contributed by atoms with Crippen LogP contribution >= 0.6 is 22.7 Å². The maximum atomic E-state index is 11.1. The maximum Gasteiger partial charge on any atom is 0.249 e. The Balaban J connectivity index is 1.67. The fraction of sp³-hybridized carbons (Fsp3) is 0.100. The van der Waals surface area contributed by atoms with Crippen molar-refractivity contribution in [3.05, 3.63) is 29.5 Å². The fourth-order valence-corrected chi connectivity index (χ4v) is 3.63. The largest absolute Gasteiger partial charge is 0.354 e. The molecule has 8 nitrogen and oxygen atoms in total. The van der Waals surface area contributed by atoms with Crippen LogP contribution in [-0.4, -0.2) is 28.6 Å². The number of primary sulfonamides is 1. The standard InChI is InChI=1S/C10H10N6O2S3/c11-21(17,18)8-5-13-10(20-8)12-4-7-14-9(16-15-7)6-2-1-3-19-6/h1-3,5H,4H2,(H,12,13)(H2,11,17,18)(H,14,15,16). The van der Waals surface area contributed by atoms with Gasteiger partial charge in [0.25, 0.3) is 0 Å². The van der Waals surface area contributed by atoms with Crippen LogP contribution in [0, 0.1) is 0 Å². The molecule has 0 aromatic carbocycles. The summed E-state index contributed by atoms with van der Waals surface area (Å²) >= 11 is 2.52. The predicted octanol–water partition coefficient (Wildman–Crippen LogP) is 1.25. The average Bonchev–Trinajstić information content (AvgIpc) is 3.16. The lowest BCUT2D eigenvalue weighted by atomic mass is 10.4. The first kappa shape index (κ1) is 14.1. The van der Waals surface area contributed by atoms with Crippen molar-refractivity contribution >= 4 is 37.8 Å². The molecule has 3 aromatic heterocycles. The molecule has 21 heavy (non-hydrogen) atoms. The van der Waals surface area contributed by atoms with Crippen LogP contribution in [0.15, 0.2) is 27.9 Å². The molecule has 110 valence electrons. The Morgan fingerprint density at radius 3 is 2.95 bits per heavy atom. The number of nitrogens with zero attached hydrogens (tertiary/aromatic N) is 3. The molecule has 0 radical (unpaired) electrons. The number of nitrogens with one attached hydrogen (secondary N) is 2. The van der Waals surface area contributed by atoms with Gasteiger partial charge >= 0.3 is 0 Å². The number of thiazole rings is 1.